The Morgan fingerprint density at radius 1 is 1.21 bits per heavy atom. The van der Waals surface area contributed by atoms with Gasteiger partial charge in [-0.15, -0.1) is 0 Å². The van der Waals surface area contributed by atoms with Crippen molar-refractivity contribution in [3.05, 3.63) is 57.5 Å². The molecule has 0 unspecified atom stereocenters. The molecule has 0 aliphatic rings. The number of hydrogen-bond acceptors (Lipinski definition) is 1. The third kappa shape index (κ3) is 2.81. The van der Waals surface area contributed by atoms with Gasteiger partial charge < -0.3 is 4.57 Å². The molecule has 0 aliphatic heterocycles. The molecule has 0 bridgehead atoms. The van der Waals surface area contributed by atoms with Crippen LogP contribution in [0, 0.1) is 0 Å². The van der Waals surface area contributed by atoms with Gasteiger partial charge in [-0.05, 0) is 17.7 Å². The number of pyridine rings is 1. The van der Waals surface area contributed by atoms with Gasteiger partial charge in [0.05, 0.1) is 5.56 Å². The first kappa shape index (κ1) is 13.7. The lowest BCUT2D eigenvalue weighted by atomic mass is 10.0. The zero-order valence-electron chi connectivity index (χ0n) is 9.83. The van der Waals surface area contributed by atoms with E-state index >= 15 is 0 Å². The largest absolute Gasteiger partial charge is 0.416 e. The van der Waals surface area contributed by atoms with Crippen molar-refractivity contribution < 1.29 is 13.2 Å². The predicted molar refractivity (Wildman–Crippen MR) is 67.1 cm³/mol. The van der Waals surface area contributed by atoms with Crippen molar-refractivity contribution in [2.75, 3.05) is 0 Å². The quantitative estimate of drug-likeness (QED) is 0.783. The lowest BCUT2D eigenvalue weighted by Crippen LogP contribution is -2.10. The fourth-order valence-electron chi connectivity index (χ4n) is 1.73. The number of aryl methyl sites for hydroxylation is 1. The van der Waals surface area contributed by atoms with E-state index in [9.17, 15) is 18.0 Å². The molecule has 0 radical (unpaired) electrons. The third-order valence-electron chi connectivity index (χ3n) is 2.61. The molecular formula is C13H9ClF3NO. The van der Waals surface area contributed by atoms with E-state index in [4.69, 9.17) is 11.6 Å². The Hall–Kier alpha value is -1.75. The first-order valence-electron chi connectivity index (χ1n) is 5.32. The fraction of sp³-hybridized carbons (Fsp3) is 0.154. The second-order valence-electron chi connectivity index (χ2n) is 4.09. The third-order valence-corrected chi connectivity index (χ3v) is 2.88. The van der Waals surface area contributed by atoms with Gasteiger partial charge in [0.25, 0.3) is 0 Å². The molecule has 0 fully saturated rings. The number of hydrogen-bond donors (Lipinski definition) is 0. The van der Waals surface area contributed by atoms with E-state index in [0.29, 0.717) is 0 Å². The summed E-state index contributed by atoms with van der Waals surface area (Å²) in [4.78, 5) is 11.9. The molecule has 1 aromatic carbocycles. The molecule has 0 aliphatic carbocycles. The first-order chi connectivity index (χ1) is 8.79. The van der Waals surface area contributed by atoms with Crippen LogP contribution in [0.5, 0.6) is 0 Å². The number of halogens is 4. The van der Waals surface area contributed by atoms with Crippen molar-refractivity contribution in [2.24, 2.45) is 7.05 Å². The maximum absolute atomic E-state index is 12.6. The zero-order valence-corrected chi connectivity index (χ0v) is 10.6. The Morgan fingerprint density at radius 2 is 1.89 bits per heavy atom. The topological polar surface area (TPSA) is 22.0 Å². The molecule has 6 heteroatoms. The maximum atomic E-state index is 12.6. The number of benzene rings is 1. The summed E-state index contributed by atoms with van der Waals surface area (Å²) in [5.41, 5.74) is -0.954. The van der Waals surface area contributed by atoms with Gasteiger partial charge in [0, 0.05) is 25.0 Å². The summed E-state index contributed by atoms with van der Waals surface area (Å²) < 4.78 is 39.4. The predicted octanol–water partition coefficient (Wildman–Crippen LogP) is 3.72. The molecule has 2 rings (SSSR count). The van der Waals surface area contributed by atoms with E-state index in [0.717, 1.165) is 12.1 Å². The van der Waals surface area contributed by atoms with Crippen LogP contribution >= 0.6 is 11.6 Å². The Labute approximate surface area is 112 Å². The van der Waals surface area contributed by atoms with Gasteiger partial charge in [0.1, 0.15) is 5.02 Å². The standard InChI is InChI=1S/C13H9ClF3NO/c1-18-6-10(12(19)11(14)7-18)8-3-2-4-9(5-8)13(15,16)17/h2-7H,1H3. The van der Waals surface area contributed by atoms with Gasteiger partial charge in [-0.3, -0.25) is 4.79 Å². The van der Waals surface area contributed by atoms with Gasteiger partial charge in [-0.1, -0.05) is 23.7 Å². The Bertz CT molecular complexity index is 676. The number of aromatic nitrogens is 1. The Kier molecular flexibility index (Phi) is 3.41. The highest BCUT2D eigenvalue weighted by atomic mass is 35.5. The highest BCUT2D eigenvalue weighted by Crippen LogP contribution is 2.31. The zero-order chi connectivity index (χ0) is 14.2. The molecule has 0 N–H and O–H groups in total. The Balaban J connectivity index is 2.64. The van der Waals surface area contributed by atoms with Crippen LogP contribution in [0.2, 0.25) is 5.02 Å². The second kappa shape index (κ2) is 4.74. The van der Waals surface area contributed by atoms with Gasteiger partial charge in [0.15, 0.2) is 0 Å². The summed E-state index contributed by atoms with van der Waals surface area (Å²) >= 11 is 5.74. The summed E-state index contributed by atoms with van der Waals surface area (Å²) in [6.45, 7) is 0. The average Bonchev–Trinajstić information content (AvgIpc) is 2.33. The van der Waals surface area contributed by atoms with Crippen molar-refractivity contribution in [3.8, 4) is 11.1 Å². The van der Waals surface area contributed by atoms with Crippen LogP contribution in [0.1, 0.15) is 5.56 Å². The summed E-state index contributed by atoms with van der Waals surface area (Å²) in [6.07, 6.45) is -1.59. The molecule has 1 aromatic heterocycles. The molecule has 2 nitrogen and oxygen atoms in total. The van der Waals surface area contributed by atoms with E-state index < -0.39 is 17.2 Å². The van der Waals surface area contributed by atoms with E-state index in [2.05, 4.69) is 0 Å². The minimum absolute atomic E-state index is 0.0302. The number of nitrogens with zero attached hydrogens (tertiary/aromatic N) is 1. The highest BCUT2D eigenvalue weighted by molar-refractivity contribution is 6.30. The van der Waals surface area contributed by atoms with Crippen molar-refractivity contribution in [3.63, 3.8) is 0 Å². The lowest BCUT2D eigenvalue weighted by Gasteiger charge is -2.09. The van der Waals surface area contributed by atoms with Gasteiger partial charge >= 0.3 is 6.18 Å². The van der Waals surface area contributed by atoms with Crippen LogP contribution in [0.15, 0.2) is 41.5 Å². The minimum Gasteiger partial charge on any atom is -0.355 e. The molecule has 100 valence electrons. The van der Waals surface area contributed by atoms with E-state index in [-0.39, 0.29) is 16.1 Å². The summed E-state index contributed by atoms with van der Waals surface area (Å²) in [5, 5.41) is -0.0302. The van der Waals surface area contributed by atoms with Crippen molar-refractivity contribution >= 4 is 11.6 Å². The van der Waals surface area contributed by atoms with Crippen LogP contribution < -0.4 is 5.43 Å². The van der Waals surface area contributed by atoms with Gasteiger partial charge in [0.2, 0.25) is 5.43 Å². The molecule has 0 amide bonds. The molecule has 2 aromatic rings. The van der Waals surface area contributed by atoms with E-state index in [1.165, 1.54) is 29.1 Å². The van der Waals surface area contributed by atoms with Crippen LogP contribution in [0.4, 0.5) is 13.2 Å². The number of alkyl halides is 3. The van der Waals surface area contributed by atoms with E-state index in [1.807, 2.05) is 0 Å². The minimum atomic E-state index is -4.44. The molecule has 0 spiro atoms. The molecule has 0 atom stereocenters. The van der Waals surface area contributed by atoms with Crippen LogP contribution in [0.3, 0.4) is 0 Å². The first-order valence-corrected chi connectivity index (χ1v) is 5.70. The molecular weight excluding hydrogens is 279 g/mol. The molecule has 1 heterocycles. The maximum Gasteiger partial charge on any atom is 0.416 e. The summed E-state index contributed by atoms with van der Waals surface area (Å²) in [5.74, 6) is 0. The normalized spacial score (nSPS) is 11.6. The molecule has 0 saturated carbocycles. The molecule has 19 heavy (non-hydrogen) atoms. The van der Waals surface area contributed by atoms with Crippen molar-refractivity contribution in [1.29, 1.82) is 0 Å². The Morgan fingerprint density at radius 3 is 2.53 bits per heavy atom. The van der Waals surface area contributed by atoms with Crippen LogP contribution in [0.25, 0.3) is 11.1 Å². The van der Waals surface area contributed by atoms with Crippen molar-refractivity contribution in [2.45, 2.75) is 6.18 Å². The summed E-state index contributed by atoms with van der Waals surface area (Å²) in [6, 6.07) is 4.60. The SMILES string of the molecule is Cn1cc(Cl)c(=O)c(-c2cccc(C(F)(F)F)c2)c1. The van der Waals surface area contributed by atoms with Gasteiger partial charge in [-0.2, -0.15) is 13.2 Å². The highest BCUT2D eigenvalue weighted by Gasteiger charge is 2.30. The van der Waals surface area contributed by atoms with E-state index in [1.54, 1.807) is 7.05 Å². The van der Waals surface area contributed by atoms with Crippen molar-refractivity contribution in [1.82, 2.24) is 4.57 Å². The van der Waals surface area contributed by atoms with Gasteiger partial charge in [-0.25, -0.2) is 0 Å². The van der Waals surface area contributed by atoms with Crippen LogP contribution in [-0.2, 0) is 13.2 Å². The number of rotatable bonds is 1. The lowest BCUT2D eigenvalue weighted by molar-refractivity contribution is -0.137. The summed E-state index contributed by atoms with van der Waals surface area (Å²) in [7, 11) is 1.64. The van der Waals surface area contributed by atoms with Crippen LogP contribution in [-0.4, -0.2) is 4.57 Å². The average molecular weight is 288 g/mol. The fourth-order valence-corrected chi connectivity index (χ4v) is 1.99. The molecule has 0 saturated heterocycles. The second-order valence-corrected chi connectivity index (χ2v) is 4.50. The monoisotopic (exact) mass is 287 g/mol. The smallest absolute Gasteiger partial charge is 0.355 e.